The third-order valence-electron chi connectivity index (χ3n) is 5.75. The van der Waals surface area contributed by atoms with Crippen molar-refractivity contribution in [1.82, 2.24) is 15.5 Å². The Hall–Kier alpha value is -3.47. The first kappa shape index (κ1) is 26.8. The maximum atomic E-state index is 13.3. The van der Waals surface area contributed by atoms with Crippen molar-refractivity contribution in [3.63, 3.8) is 0 Å². The average molecular weight is 477 g/mol. The van der Waals surface area contributed by atoms with Gasteiger partial charge >= 0.3 is 11.9 Å². The summed E-state index contributed by atoms with van der Waals surface area (Å²) < 4.78 is 0. The van der Waals surface area contributed by atoms with Crippen molar-refractivity contribution in [3.8, 4) is 0 Å². The number of nitrogens with two attached hydrogens (primary N) is 1. The van der Waals surface area contributed by atoms with Crippen molar-refractivity contribution < 1.29 is 34.2 Å². The van der Waals surface area contributed by atoms with Gasteiger partial charge in [-0.25, -0.2) is 4.79 Å². The summed E-state index contributed by atoms with van der Waals surface area (Å²) in [6.45, 7) is 3.65. The van der Waals surface area contributed by atoms with Crippen molar-refractivity contribution in [2.75, 3.05) is 6.54 Å². The number of nitrogens with zero attached hydrogens (tertiary/aromatic N) is 1. The van der Waals surface area contributed by atoms with E-state index in [0.29, 0.717) is 18.4 Å². The van der Waals surface area contributed by atoms with Crippen molar-refractivity contribution in [1.29, 1.82) is 0 Å². The Morgan fingerprint density at radius 2 is 1.65 bits per heavy atom. The number of aliphatic carboxylic acids is 2. The molecular formula is C23H32N4O7. The Bertz CT molecular complexity index is 906. The molecule has 4 atom stereocenters. The van der Waals surface area contributed by atoms with E-state index in [4.69, 9.17) is 5.73 Å². The number of nitrogens with one attached hydrogen (secondary N) is 2. The monoisotopic (exact) mass is 476 g/mol. The second-order valence-corrected chi connectivity index (χ2v) is 8.71. The Kier molecular flexibility index (Phi) is 9.55. The summed E-state index contributed by atoms with van der Waals surface area (Å²) in [7, 11) is 0. The van der Waals surface area contributed by atoms with Gasteiger partial charge in [0.2, 0.25) is 17.7 Å². The van der Waals surface area contributed by atoms with Gasteiger partial charge < -0.3 is 31.5 Å². The number of hydrogen-bond acceptors (Lipinski definition) is 6. The highest BCUT2D eigenvalue weighted by Crippen LogP contribution is 2.20. The van der Waals surface area contributed by atoms with Gasteiger partial charge in [0.05, 0.1) is 12.5 Å². The minimum Gasteiger partial charge on any atom is -0.481 e. The molecule has 11 heteroatoms. The predicted molar refractivity (Wildman–Crippen MR) is 121 cm³/mol. The fraction of sp³-hybridized carbons (Fsp3) is 0.522. The van der Waals surface area contributed by atoms with Gasteiger partial charge in [-0.15, -0.1) is 0 Å². The maximum Gasteiger partial charge on any atom is 0.326 e. The standard InChI is InChI=1S/C23H32N4O7/c1-13(2)19(24)21(31)25-15(12-18(28)29)20(30)26-16(11-14-7-4-3-5-8-14)22(32)27-10-6-9-17(27)23(33)34/h3-5,7-8,13,15-17,19H,6,9-12,24H2,1-2H3,(H,25,31)(H,26,30)(H,28,29)(H,33,34). The third-order valence-corrected chi connectivity index (χ3v) is 5.75. The Morgan fingerprint density at radius 3 is 2.21 bits per heavy atom. The number of hydrogen-bond donors (Lipinski definition) is 5. The highest BCUT2D eigenvalue weighted by Gasteiger charge is 2.38. The molecule has 2 rings (SSSR count). The first-order valence-electron chi connectivity index (χ1n) is 11.2. The van der Waals surface area contributed by atoms with Crippen molar-refractivity contribution in [2.24, 2.45) is 11.7 Å². The number of benzene rings is 1. The van der Waals surface area contributed by atoms with E-state index in [1.54, 1.807) is 44.2 Å². The van der Waals surface area contributed by atoms with Crippen LogP contribution >= 0.6 is 0 Å². The van der Waals surface area contributed by atoms with Gasteiger partial charge in [0.15, 0.2) is 0 Å². The molecule has 0 radical (unpaired) electrons. The molecule has 1 aliphatic heterocycles. The van der Waals surface area contributed by atoms with E-state index in [1.807, 2.05) is 0 Å². The molecule has 186 valence electrons. The van der Waals surface area contributed by atoms with Gasteiger partial charge in [-0.2, -0.15) is 0 Å². The van der Waals surface area contributed by atoms with Crippen LogP contribution in [0.25, 0.3) is 0 Å². The van der Waals surface area contributed by atoms with E-state index < -0.39 is 60.2 Å². The number of amides is 3. The van der Waals surface area contributed by atoms with E-state index in [1.165, 1.54) is 4.90 Å². The lowest BCUT2D eigenvalue weighted by atomic mass is 10.0. The molecule has 4 unspecified atom stereocenters. The fourth-order valence-corrected chi connectivity index (χ4v) is 3.76. The average Bonchev–Trinajstić information content (AvgIpc) is 3.27. The molecule has 1 aromatic carbocycles. The van der Waals surface area contributed by atoms with Crippen LogP contribution in [0.15, 0.2) is 30.3 Å². The molecule has 0 aliphatic carbocycles. The Balaban J connectivity index is 2.26. The summed E-state index contributed by atoms with van der Waals surface area (Å²) >= 11 is 0. The van der Waals surface area contributed by atoms with E-state index in [0.717, 1.165) is 0 Å². The molecule has 1 saturated heterocycles. The second kappa shape index (κ2) is 12.1. The lowest BCUT2D eigenvalue weighted by Gasteiger charge is -2.29. The molecule has 1 aromatic rings. The normalized spacial score (nSPS) is 18.1. The molecule has 0 saturated carbocycles. The van der Waals surface area contributed by atoms with Crippen LogP contribution in [0, 0.1) is 5.92 Å². The molecule has 0 bridgehead atoms. The summed E-state index contributed by atoms with van der Waals surface area (Å²) in [4.78, 5) is 62.8. The van der Waals surface area contributed by atoms with Crippen molar-refractivity contribution in [2.45, 2.75) is 63.7 Å². The van der Waals surface area contributed by atoms with Gasteiger partial charge in [-0.3, -0.25) is 19.2 Å². The van der Waals surface area contributed by atoms with Gasteiger partial charge in [0, 0.05) is 13.0 Å². The molecular weight excluding hydrogens is 444 g/mol. The zero-order chi connectivity index (χ0) is 25.4. The summed E-state index contributed by atoms with van der Waals surface area (Å²) in [5.41, 5.74) is 6.53. The van der Waals surface area contributed by atoms with Gasteiger partial charge in [-0.05, 0) is 24.3 Å². The summed E-state index contributed by atoms with van der Waals surface area (Å²) in [5, 5.41) is 23.6. The number of likely N-dealkylation sites (tertiary alicyclic amines) is 1. The van der Waals surface area contributed by atoms with Gasteiger partial charge in [0.1, 0.15) is 18.1 Å². The molecule has 34 heavy (non-hydrogen) atoms. The SMILES string of the molecule is CC(C)C(N)C(=O)NC(CC(=O)O)C(=O)NC(Cc1ccccc1)C(=O)N1CCCC1C(=O)O. The zero-order valence-corrected chi connectivity index (χ0v) is 19.3. The smallest absolute Gasteiger partial charge is 0.326 e. The topological polar surface area (TPSA) is 179 Å². The summed E-state index contributed by atoms with van der Waals surface area (Å²) in [6, 6.07) is 4.25. The number of rotatable bonds is 11. The summed E-state index contributed by atoms with van der Waals surface area (Å²) in [6.07, 6.45) is 0.168. The number of carboxylic acid groups (broad SMARTS) is 2. The van der Waals surface area contributed by atoms with Crippen LogP contribution in [0.3, 0.4) is 0 Å². The lowest BCUT2D eigenvalue weighted by molar-refractivity contribution is -0.149. The van der Waals surface area contributed by atoms with Crippen LogP contribution in [0.1, 0.15) is 38.7 Å². The molecule has 11 nitrogen and oxygen atoms in total. The third kappa shape index (κ3) is 7.27. The lowest BCUT2D eigenvalue weighted by Crippen LogP contribution is -2.58. The first-order valence-corrected chi connectivity index (χ1v) is 11.2. The van der Waals surface area contributed by atoms with Crippen LogP contribution in [0.5, 0.6) is 0 Å². The number of carbonyl (C=O) groups is 5. The first-order chi connectivity index (χ1) is 16.0. The molecule has 1 heterocycles. The molecule has 0 aromatic heterocycles. The highest BCUT2D eigenvalue weighted by molar-refractivity contribution is 5.96. The minimum atomic E-state index is -1.46. The Morgan fingerprint density at radius 1 is 1.03 bits per heavy atom. The highest BCUT2D eigenvalue weighted by atomic mass is 16.4. The summed E-state index contributed by atoms with van der Waals surface area (Å²) in [5.74, 6) is -4.84. The molecule has 3 amide bonds. The van der Waals surface area contributed by atoms with Crippen LogP contribution < -0.4 is 16.4 Å². The van der Waals surface area contributed by atoms with Crippen LogP contribution in [-0.2, 0) is 30.4 Å². The molecule has 1 fully saturated rings. The molecule has 0 spiro atoms. The van der Waals surface area contributed by atoms with Crippen molar-refractivity contribution in [3.05, 3.63) is 35.9 Å². The molecule has 6 N–H and O–H groups in total. The van der Waals surface area contributed by atoms with Crippen LogP contribution in [0.2, 0.25) is 0 Å². The quantitative estimate of drug-likeness (QED) is 0.289. The van der Waals surface area contributed by atoms with Crippen LogP contribution in [0.4, 0.5) is 0 Å². The number of carbonyl (C=O) groups excluding carboxylic acids is 3. The Labute approximate surface area is 197 Å². The second-order valence-electron chi connectivity index (χ2n) is 8.71. The van der Waals surface area contributed by atoms with E-state index in [-0.39, 0.29) is 18.9 Å². The van der Waals surface area contributed by atoms with Gasteiger partial charge in [0.25, 0.3) is 0 Å². The fourth-order valence-electron chi connectivity index (χ4n) is 3.76. The maximum absolute atomic E-state index is 13.3. The van der Waals surface area contributed by atoms with Crippen LogP contribution in [-0.4, -0.2) is 75.5 Å². The van der Waals surface area contributed by atoms with E-state index in [2.05, 4.69) is 10.6 Å². The van der Waals surface area contributed by atoms with E-state index in [9.17, 15) is 34.2 Å². The van der Waals surface area contributed by atoms with Crippen molar-refractivity contribution >= 4 is 29.7 Å². The van der Waals surface area contributed by atoms with Gasteiger partial charge in [-0.1, -0.05) is 44.2 Å². The largest absolute Gasteiger partial charge is 0.481 e. The zero-order valence-electron chi connectivity index (χ0n) is 19.3. The number of carboxylic acids is 2. The predicted octanol–water partition coefficient (Wildman–Crippen LogP) is -0.268. The molecule has 1 aliphatic rings. The minimum absolute atomic E-state index is 0.0630. The van der Waals surface area contributed by atoms with E-state index >= 15 is 0 Å².